The van der Waals surface area contributed by atoms with E-state index < -0.39 is 5.60 Å². The molecule has 4 heteroatoms. The summed E-state index contributed by atoms with van der Waals surface area (Å²) >= 11 is 0. The van der Waals surface area contributed by atoms with Crippen LogP contribution < -0.4 is 11.5 Å². The Bertz CT molecular complexity index is 310. The van der Waals surface area contributed by atoms with E-state index in [1.807, 2.05) is 27.7 Å². The van der Waals surface area contributed by atoms with E-state index >= 15 is 0 Å². The van der Waals surface area contributed by atoms with E-state index in [2.05, 4.69) is 0 Å². The number of carbonyl (C=O) groups excluding carboxylic acids is 1. The topological polar surface area (TPSA) is 78.3 Å². The van der Waals surface area contributed by atoms with Crippen molar-refractivity contribution in [1.82, 2.24) is 0 Å². The zero-order chi connectivity index (χ0) is 15.3. The van der Waals surface area contributed by atoms with Crippen molar-refractivity contribution in [2.24, 2.45) is 23.3 Å². The quantitative estimate of drug-likeness (QED) is 0.672. The molecule has 1 aliphatic carbocycles. The van der Waals surface area contributed by atoms with Crippen molar-refractivity contribution in [2.75, 3.05) is 0 Å². The lowest BCUT2D eigenvalue weighted by molar-refractivity contribution is -0.156. The fourth-order valence-corrected chi connectivity index (χ4v) is 2.72. The van der Waals surface area contributed by atoms with E-state index in [1.54, 1.807) is 0 Å². The summed E-state index contributed by atoms with van der Waals surface area (Å²) in [6, 6.07) is 0.554. The first-order valence-electron chi connectivity index (χ1n) is 7.90. The molecule has 0 amide bonds. The average molecular weight is 284 g/mol. The summed E-state index contributed by atoms with van der Waals surface area (Å²) in [6.45, 7) is 7.71. The van der Waals surface area contributed by atoms with Gasteiger partial charge in [0.15, 0.2) is 0 Å². The van der Waals surface area contributed by atoms with Gasteiger partial charge in [0.1, 0.15) is 5.60 Å². The molecule has 20 heavy (non-hydrogen) atoms. The molecule has 1 fully saturated rings. The molecule has 0 spiro atoms. The second kappa shape index (κ2) is 7.41. The van der Waals surface area contributed by atoms with Crippen molar-refractivity contribution in [2.45, 2.75) is 83.9 Å². The summed E-state index contributed by atoms with van der Waals surface area (Å²) in [7, 11) is 0. The molecule has 4 atom stereocenters. The Labute approximate surface area is 123 Å². The van der Waals surface area contributed by atoms with Crippen molar-refractivity contribution < 1.29 is 9.53 Å². The minimum Gasteiger partial charge on any atom is -0.460 e. The SMILES string of the molecule is CC(N)CC(CCCC1CC1N)CC(=O)OC(C)(C)C. The Balaban J connectivity index is 2.32. The van der Waals surface area contributed by atoms with Crippen LogP contribution in [-0.4, -0.2) is 23.7 Å². The molecule has 1 saturated carbocycles. The molecular formula is C16H32N2O2. The third kappa shape index (κ3) is 7.85. The molecule has 1 rings (SSSR count). The average Bonchev–Trinajstić information content (AvgIpc) is 2.90. The normalized spacial score (nSPS) is 25.1. The standard InChI is InChI=1S/C16H32N2O2/c1-11(17)8-12(6-5-7-13-10-14(13)18)9-15(19)20-16(2,3)4/h11-14H,5-10,17-18H2,1-4H3. The number of nitrogens with two attached hydrogens (primary N) is 2. The van der Waals surface area contributed by atoms with Crippen LogP contribution in [0.5, 0.6) is 0 Å². The van der Waals surface area contributed by atoms with E-state index in [4.69, 9.17) is 16.2 Å². The van der Waals surface area contributed by atoms with Crippen LogP contribution in [0.25, 0.3) is 0 Å². The monoisotopic (exact) mass is 284 g/mol. The van der Waals surface area contributed by atoms with Crippen LogP contribution >= 0.6 is 0 Å². The van der Waals surface area contributed by atoms with Gasteiger partial charge < -0.3 is 16.2 Å². The van der Waals surface area contributed by atoms with Crippen LogP contribution in [-0.2, 0) is 9.53 Å². The molecule has 0 heterocycles. The maximum absolute atomic E-state index is 11.9. The van der Waals surface area contributed by atoms with Crippen LogP contribution in [0.15, 0.2) is 0 Å². The van der Waals surface area contributed by atoms with E-state index in [9.17, 15) is 4.79 Å². The predicted molar refractivity (Wildman–Crippen MR) is 82.2 cm³/mol. The van der Waals surface area contributed by atoms with Gasteiger partial charge in [-0.1, -0.05) is 6.42 Å². The number of ether oxygens (including phenoxy) is 1. The van der Waals surface area contributed by atoms with Crippen molar-refractivity contribution in [3.05, 3.63) is 0 Å². The third-order valence-corrected chi connectivity index (χ3v) is 3.75. The predicted octanol–water partition coefficient (Wildman–Crippen LogP) is 2.59. The highest BCUT2D eigenvalue weighted by Crippen LogP contribution is 2.34. The molecule has 0 bridgehead atoms. The summed E-state index contributed by atoms with van der Waals surface area (Å²) in [5.41, 5.74) is 11.3. The molecule has 0 aliphatic heterocycles. The van der Waals surface area contributed by atoms with Crippen LogP contribution in [0.4, 0.5) is 0 Å². The van der Waals surface area contributed by atoms with Gasteiger partial charge in [-0.05, 0) is 65.2 Å². The lowest BCUT2D eigenvalue weighted by Crippen LogP contribution is -2.27. The molecule has 0 aromatic carbocycles. The van der Waals surface area contributed by atoms with Gasteiger partial charge in [-0.25, -0.2) is 0 Å². The van der Waals surface area contributed by atoms with Crippen molar-refractivity contribution in [1.29, 1.82) is 0 Å². The first kappa shape index (κ1) is 17.4. The van der Waals surface area contributed by atoms with Crippen molar-refractivity contribution in [3.8, 4) is 0 Å². The summed E-state index contributed by atoms with van der Waals surface area (Å²) in [4.78, 5) is 11.9. The van der Waals surface area contributed by atoms with Gasteiger partial charge >= 0.3 is 5.97 Å². The van der Waals surface area contributed by atoms with Crippen molar-refractivity contribution >= 4 is 5.97 Å². The zero-order valence-corrected chi connectivity index (χ0v) is 13.5. The molecular weight excluding hydrogens is 252 g/mol. The molecule has 4 N–H and O–H groups in total. The van der Waals surface area contributed by atoms with Gasteiger partial charge in [-0.3, -0.25) is 4.79 Å². The van der Waals surface area contributed by atoms with E-state index in [0.717, 1.165) is 19.3 Å². The fraction of sp³-hybridized carbons (Fsp3) is 0.938. The molecule has 118 valence electrons. The van der Waals surface area contributed by atoms with Crippen LogP contribution in [0.2, 0.25) is 0 Å². The Morgan fingerprint density at radius 2 is 2.00 bits per heavy atom. The Kier molecular flexibility index (Phi) is 6.46. The number of carbonyl (C=O) groups is 1. The molecule has 0 aromatic rings. The summed E-state index contributed by atoms with van der Waals surface area (Å²) in [5, 5.41) is 0. The van der Waals surface area contributed by atoms with E-state index in [0.29, 0.717) is 24.3 Å². The van der Waals surface area contributed by atoms with Gasteiger partial charge in [0, 0.05) is 18.5 Å². The van der Waals surface area contributed by atoms with Crippen molar-refractivity contribution in [3.63, 3.8) is 0 Å². The van der Waals surface area contributed by atoms with Crippen LogP contribution in [0, 0.1) is 11.8 Å². The Morgan fingerprint density at radius 1 is 1.40 bits per heavy atom. The second-order valence-electron chi connectivity index (χ2n) is 7.46. The number of hydrogen-bond acceptors (Lipinski definition) is 4. The maximum Gasteiger partial charge on any atom is 0.306 e. The molecule has 4 nitrogen and oxygen atoms in total. The molecule has 0 radical (unpaired) electrons. The first-order valence-corrected chi connectivity index (χ1v) is 7.90. The van der Waals surface area contributed by atoms with E-state index in [-0.39, 0.29) is 12.0 Å². The Hall–Kier alpha value is -0.610. The smallest absolute Gasteiger partial charge is 0.306 e. The minimum atomic E-state index is -0.406. The van der Waals surface area contributed by atoms with Gasteiger partial charge in [-0.2, -0.15) is 0 Å². The van der Waals surface area contributed by atoms with Gasteiger partial charge in [0.2, 0.25) is 0 Å². The van der Waals surface area contributed by atoms with Crippen LogP contribution in [0.1, 0.15) is 66.2 Å². The highest BCUT2D eigenvalue weighted by atomic mass is 16.6. The number of rotatable bonds is 8. The molecule has 0 aromatic heterocycles. The molecule has 4 unspecified atom stereocenters. The molecule has 1 aliphatic rings. The third-order valence-electron chi connectivity index (χ3n) is 3.75. The number of esters is 1. The fourth-order valence-electron chi connectivity index (χ4n) is 2.72. The van der Waals surface area contributed by atoms with Crippen LogP contribution in [0.3, 0.4) is 0 Å². The first-order chi connectivity index (χ1) is 9.17. The van der Waals surface area contributed by atoms with Gasteiger partial charge in [0.05, 0.1) is 0 Å². The van der Waals surface area contributed by atoms with E-state index in [1.165, 1.54) is 12.8 Å². The summed E-state index contributed by atoms with van der Waals surface area (Å²) in [6.07, 6.45) is 5.91. The number of hydrogen-bond donors (Lipinski definition) is 2. The summed E-state index contributed by atoms with van der Waals surface area (Å²) < 4.78 is 5.41. The lowest BCUT2D eigenvalue weighted by atomic mass is 9.91. The minimum absolute atomic E-state index is 0.105. The lowest BCUT2D eigenvalue weighted by Gasteiger charge is -2.23. The highest BCUT2D eigenvalue weighted by Gasteiger charge is 2.32. The maximum atomic E-state index is 11.9. The largest absolute Gasteiger partial charge is 0.460 e. The van der Waals surface area contributed by atoms with Gasteiger partial charge in [-0.15, -0.1) is 0 Å². The zero-order valence-electron chi connectivity index (χ0n) is 13.5. The summed E-state index contributed by atoms with van der Waals surface area (Å²) in [5.74, 6) is 0.943. The highest BCUT2D eigenvalue weighted by molar-refractivity contribution is 5.70. The van der Waals surface area contributed by atoms with Gasteiger partial charge in [0.25, 0.3) is 0 Å². The second-order valence-corrected chi connectivity index (χ2v) is 7.46. The molecule has 0 saturated heterocycles. The Morgan fingerprint density at radius 3 is 2.45 bits per heavy atom.